The van der Waals surface area contributed by atoms with Gasteiger partial charge in [0.1, 0.15) is 5.82 Å². The van der Waals surface area contributed by atoms with Gasteiger partial charge in [0, 0.05) is 34.8 Å². The fraction of sp³-hybridized carbons (Fsp3) is 0.350. The first-order chi connectivity index (χ1) is 12.9. The number of pyridine rings is 1. The van der Waals surface area contributed by atoms with E-state index in [2.05, 4.69) is 28.8 Å². The minimum absolute atomic E-state index is 0.217. The van der Waals surface area contributed by atoms with Crippen molar-refractivity contribution in [1.82, 2.24) is 15.2 Å². The van der Waals surface area contributed by atoms with E-state index < -0.39 is 6.17 Å². The van der Waals surface area contributed by atoms with Crippen LogP contribution >= 0.6 is 0 Å². The summed E-state index contributed by atoms with van der Waals surface area (Å²) in [5, 5.41) is 3.56. The van der Waals surface area contributed by atoms with Crippen molar-refractivity contribution >= 4 is 11.5 Å². The van der Waals surface area contributed by atoms with E-state index in [1.165, 1.54) is 0 Å². The Bertz CT molecular complexity index is 818. The van der Waals surface area contributed by atoms with E-state index in [0.717, 1.165) is 36.2 Å². The first kappa shape index (κ1) is 19.2. The number of nitrogens with two attached hydrogens (primary N) is 4. The zero-order chi connectivity index (χ0) is 19.6. The lowest BCUT2D eigenvalue weighted by Crippen LogP contribution is -2.35. The molecule has 2 aromatic rings. The summed E-state index contributed by atoms with van der Waals surface area (Å²) in [4.78, 5) is 6.55. The third kappa shape index (κ3) is 4.05. The molecule has 9 N–H and O–H groups in total. The van der Waals surface area contributed by atoms with Crippen LogP contribution in [-0.4, -0.2) is 29.5 Å². The molecular weight excluding hydrogens is 338 g/mol. The van der Waals surface area contributed by atoms with Gasteiger partial charge >= 0.3 is 0 Å². The summed E-state index contributed by atoms with van der Waals surface area (Å²) in [6, 6.07) is 9.63. The SMILES string of the molecule is C=C(NC(c1ccc(C(N)N)c(N)c1)c1cccnc1N)C1CCCN1C. The van der Waals surface area contributed by atoms with Crippen molar-refractivity contribution in [3.05, 3.63) is 65.5 Å². The minimum atomic E-state index is -0.615. The van der Waals surface area contributed by atoms with Crippen LogP contribution in [0.2, 0.25) is 0 Å². The first-order valence-corrected chi connectivity index (χ1v) is 9.15. The second kappa shape index (κ2) is 7.96. The number of nitrogens with one attached hydrogen (secondary N) is 1. The summed E-state index contributed by atoms with van der Waals surface area (Å²) in [7, 11) is 2.12. The Hall–Kier alpha value is -2.61. The molecule has 1 aliphatic heterocycles. The average molecular weight is 368 g/mol. The van der Waals surface area contributed by atoms with Gasteiger partial charge in [0.05, 0.1) is 12.2 Å². The number of benzene rings is 1. The van der Waals surface area contributed by atoms with Crippen molar-refractivity contribution in [2.75, 3.05) is 25.1 Å². The van der Waals surface area contributed by atoms with Crippen molar-refractivity contribution in [2.24, 2.45) is 11.5 Å². The molecule has 7 heteroatoms. The summed E-state index contributed by atoms with van der Waals surface area (Å²) in [6.07, 6.45) is 3.31. The quantitative estimate of drug-likeness (QED) is 0.385. The molecule has 2 unspecified atom stereocenters. The molecule has 0 bridgehead atoms. The molecule has 2 atom stereocenters. The number of anilines is 2. The molecule has 1 aromatic carbocycles. The fourth-order valence-corrected chi connectivity index (χ4v) is 3.72. The molecule has 144 valence electrons. The topological polar surface area (TPSA) is 132 Å². The second-order valence-corrected chi connectivity index (χ2v) is 7.13. The van der Waals surface area contributed by atoms with E-state index in [1.54, 1.807) is 6.20 Å². The molecule has 0 amide bonds. The number of rotatable bonds is 6. The van der Waals surface area contributed by atoms with Gasteiger partial charge in [0.15, 0.2) is 0 Å². The lowest BCUT2D eigenvalue weighted by atomic mass is 9.95. The van der Waals surface area contributed by atoms with Gasteiger partial charge < -0.3 is 28.3 Å². The van der Waals surface area contributed by atoms with Crippen molar-refractivity contribution < 1.29 is 0 Å². The van der Waals surface area contributed by atoms with Crippen LogP contribution in [0.25, 0.3) is 0 Å². The zero-order valence-electron chi connectivity index (χ0n) is 15.7. The molecule has 3 rings (SSSR count). The summed E-state index contributed by atoms with van der Waals surface area (Å²) < 4.78 is 0. The minimum Gasteiger partial charge on any atom is -0.398 e. The van der Waals surface area contributed by atoms with E-state index in [-0.39, 0.29) is 6.04 Å². The van der Waals surface area contributed by atoms with E-state index in [4.69, 9.17) is 22.9 Å². The third-order valence-corrected chi connectivity index (χ3v) is 5.24. The summed E-state index contributed by atoms with van der Waals surface area (Å²) in [5.41, 5.74) is 28.0. The van der Waals surface area contributed by atoms with Crippen LogP contribution in [0, 0.1) is 0 Å². The zero-order valence-corrected chi connectivity index (χ0v) is 15.7. The highest BCUT2D eigenvalue weighted by Gasteiger charge is 2.27. The Morgan fingerprint density at radius 1 is 1.26 bits per heavy atom. The predicted molar refractivity (Wildman–Crippen MR) is 110 cm³/mol. The molecule has 1 saturated heterocycles. The molecule has 1 aromatic heterocycles. The molecule has 2 heterocycles. The van der Waals surface area contributed by atoms with Crippen LogP contribution in [0.3, 0.4) is 0 Å². The molecule has 0 radical (unpaired) electrons. The van der Waals surface area contributed by atoms with Gasteiger partial charge in [-0.05, 0) is 44.1 Å². The predicted octanol–water partition coefficient (Wildman–Crippen LogP) is 1.45. The van der Waals surface area contributed by atoms with E-state index >= 15 is 0 Å². The van der Waals surface area contributed by atoms with Crippen molar-refractivity contribution in [3.8, 4) is 0 Å². The molecule has 1 fully saturated rings. The number of aromatic nitrogens is 1. The third-order valence-electron chi connectivity index (χ3n) is 5.24. The monoisotopic (exact) mass is 367 g/mol. The maximum Gasteiger partial charge on any atom is 0.128 e. The van der Waals surface area contributed by atoms with E-state index in [9.17, 15) is 0 Å². The van der Waals surface area contributed by atoms with Gasteiger partial charge in [-0.15, -0.1) is 0 Å². The lowest BCUT2D eigenvalue weighted by Gasteiger charge is -2.29. The van der Waals surface area contributed by atoms with Gasteiger partial charge in [-0.1, -0.05) is 24.8 Å². The molecule has 7 nitrogen and oxygen atoms in total. The van der Waals surface area contributed by atoms with Crippen molar-refractivity contribution in [3.63, 3.8) is 0 Å². The Kier molecular flexibility index (Phi) is 5.65. The van der Waals surface area contributed by atoms with Crippen LogP contribution in [-0.2, 0) is 0 Å². The van der Waals surface area contributed by atoms with Crippen LogP contribution < -0.4 is 28.3 Å². The van der Waals surface area contributed by atoms with Crippen molar-refractivity contribution in [1.29, 1.82) is 0 Å². The highest BCUT2D eigenvalue weighted by atomic mass is 15.2. The number of nitrogens with zero attached hydrogens (tertiary/aromatic N) is 2. The van der Waals surface area contributed by atoms with Gasteiger partial charge in [-0.25, -0.2) is 4.98 Å². The lowest BCUT2D eigenvalue weighted by molar-refractivity contribution is 0.331. The number of hydrogen-bond donors (Lipinski definition) is 5. The van der Waals surface area contributed by atoms with Crippen LogP contribution in [0.1, 0.15) is 41.7 Å². The number of hydrogen-bond acceptors (Lipinski definition) is 7. The Morgan fingerprint density at radius 2 is 2.04 bits per heavy atom. The summed E-state index contributed by atoms with van der Waals surface area (Å²) >= 11 is 0. The van der Waals surface area contributed by atoms with Gasteiger partial charge in [0.25, 0.3) is 0 Å². The summed E-state index contributed by atoms with van der Waals surface area (Å²) in [5.74, 6) is 0.473. The smallest absolute Gasteiger partial charge is 0.128 e. The van der Waals surface area contributed by atoms with Crippen LogP contribution in [0.5, 0.6) is 0 Å². The summed E-state index contributed by atoms with van der Waals surface area (Å²) in [6.45, 7) is 5.36. The normalized spacial score (nSPS) is 18.6. The number of nitrogen functional groups attached to an aromatic ring is 2. The number of likely N-dealkylation sites (tertiary alicyclic amines) is 1. The molecule has 0 aliphatic carbocycles. The van der Waals surface area contributed by atoms with E-state index in [1.807, 2.05) is 30.3 Å². The number of likely N-dealkylation sites (N-methyl/N-ethyl adjacent to an activating group) is 1. The molecule has 0 spiro atoms. The Morgan fingerprint density at radius 3 is 2.63 bits per heavy atom. The molecular formula is C20H29N7. The van der Waals surface area contributed by atoms with Gasteiger partial charge in [-0.2, -0.15) is 0 Å². The Balaban J connectivity index is 1.97. The Labute approximate surface area is 160 Å². The van der Waals surface area contributed by atoms with Gasteiger partial charge in [-0.3, -0.25) is 4.90 Å². The van der Waals surface area contributed by atoms with Crippen LogP contribution in [0.4, 0.5) is 11.5 Å². The largest absolute Gasteiger partial charge is 0.398 e. The van der Waals surface area contributed by atoms with Crippen LogP contribution in [0.15, 0.2) is 48.8 Å². The van der Waals surface area contributed by atoms with Gasteiger partial charge in [0.2, 0.25) is 0 Å². The standard InChI is InChI=1S/C20H29N7/c1-12(17-6-4-10-27(17)2)26-18(15-5-3-9-25-20(15)24)13-7-8-14(19(22)23)16(21)11-13/h3,5,7-9,11,17-19,26H,1,4,6,10,21-23H2,2H3,(H2,24,25). The molecule has 1 aliphatic rings. The second-order valence-electron chi connectivity index (χ2n) is 7.13. The first-order valence-electron chi connectivity index (χ1n) is 9.15. The highest BCUT2D eigenvalue weighted by Crippen LogP contribution is 2.31. The highest BCUT2D eigenvalue weighted by molar-refractivity contribution is 5.54. The molecule has 27 heavy (non-hydrogen) atoms. The fourth-order valence-electron chi connectivity index (χ4n) is 3.72. The average Bonchev–Trinajstić information content (AvgIpc) is 3.06. The van der Waals surface area contributed by atoms with Crippen molar-refractivity contribution in [2.45, 2.75) is 31.1 Å². The molecule has 0 saturated carbocycles. The maximum atomic E-state index is 6.19. The van der Waals surface area contributed by atoms with E-state index in [0.29, 0.717) is 23.1 Å². The maximum absolute atomic E-state index is 6.19.